The fourth-order valence-corrected chi connectivity index (χ4v) is 2.85. The van der Waals surface area contributed by atoms with Gasteiger partial charge < -0.3 is 20.9 Å². The first-order valence-electron chi connectivity index (χ1n) is 7.56. The van der Waals surface area contributed by atoms with Crippen LogP contribution in [-0.2, 0) is 0 Å². The van der Waals surface area contributed by atoms with Gasteiger partial charge in [0.25, 0.3) is 5.69 Å². The molecule has 0 bridgehead atoms. The fraction of sp³-hybridized carbons (Fsp3) is 0.294. The summed E-state index contributed by atoms with van der Waals surface area (Å²) in [5.74, 6) is 0.503. The Balaban J connectivity index is 2.08. The molecule has 0 amide bonds. The van der Waals surface area contributed by atoms with Crippen LogP contribution in [0.3, 0.4) is 0 Å². The highest BCUT2D eigenvalue weighted by atomic mass is 16.6. The van der Waals surface area contributed by atoms with Crippen molar-refractivity contribution in [1.29, 1.82) is 0 Å². The Morgan fingerprint density at radius 2 is 2.00 bits per heavy atom. The van der Waals surface area contributed by atoms with Gasteiger partial charge in [0.15, 0.2) is 0 Å². The van der Waals surface area contributed by atoms with Crippen molar-refractivity contribution in [3.05, 3.63) is 58.1 Å². The van der Waals surface area contributed by atoms with Gasteiger partial charge in [-0.2, -0.15) is 0 Å². The molecule has 3 rings (SSSR count). The van der Waals surface area contributed by atoms with E-state index in [2.05, 4.69) is 5.32 Å². The van der Waals surface area contributed by atoms with E-state index in [9.17, 15) is 15.2 Å². The molecule has 0 aromatic heterocycles. The molecule has 4 N–H and O–H groups in total. The Bertz CT molecular complexity index is 791. The Morgan fingerprint density at radius 1 is 1.29 bits per heavy atom. The zero-order valence-corrected chi connectivity index (χ0v) is 13.4. The lowest BCUT2D eigenvalue weighted by Crippen LogP contribution is -2.50. The molecule has 0 saturated carbocycles. The highest BCUT2D eigenvalue weighted by Crippen LogP contribution is 2.43. The fourth-order valence-electron chi connectivity index (χ4n) is 2.85. The van der Waals surface area contributed by atoms with E-state index in [0.29, 0.717) is 22.7 Å². The number of hydrogen-bond acceptors (Lipinski definition) is 6. The lowest BCUT2D eigenvalue weighted by Gasteiger charge is -2.42. The molecule has 2 aromatic carbocycles. The maximum Gasteiger partial charge on any atom is 0.270 e. The van der Waals surface area contributed by atoms with Crippen LogP contribution in [0.15, 0.2) is 42.5 Å². The summed E-state index contributed by atoms with van der Waals surface area (Å²) in [6.45, 7) is 3.54. The molecule has 0 saturated heterocycles. The maximum atomic E-state index is 11.1. The number of nitrogens with zero attached hydrogens (tertiary/aromatic N) is 1. The number of aliphatic hydroxyl groups excluding tert-OH is 1. The normalized spacial score (nSPS) is 21.5. The first-order valence-corrected chi connectivity index (χ1v) is 7.56. The van der Waals surface area contributed by atoms with Gasteiger partial charge in [0.1, 0.15) is 17.5 Å². The third kappa shape index (κ3) is 2.74. The van der Waals surface area contributed by atoms with Crippen LogP contribution in [0.1, 0.15) is 25.5 Å². The molecule has 0 unspecified atom stereocenters. The highest BCUT2D eigenvalue weighted by molar-refractivity contribution is 5.67. The summed E-state index contributed by atoms with van der Waals surface area (Å²) < 4.78 is 5.82. The van der Waals surface area contributed by atoms with Crippen molar-refractivity contribution in [1.82, 2.24) is 0 Å². The van der Waals surface area contributed by atoms with Crippen molar-refractivity contribution >= 4 is 17.1 Å². The number of nitro benzene ring substituents is 1. The Hall–Kier alpha value is -2.80. The summed E-state index contributed by atoms with van der Waals surface area (Å²) in [6.07, 6.45) is -0.924. The molecule has 0 aliphatic carbocycles. The van der Waals surface area contributed by atoms with E-state index in [4.69, 9.17) is 10.5 Å². The summed E-state index contributed by atoms with van der Waals surface area (Å²) >= 11 is 0. The van der Waals surface area contributed by atoms with Gasteiger partial charge in [-0.25, -0.2) is 0 Å². The number of anilines is 2. The third-order valence-corrected chi connectivity index (χ3v) is 4.21. The number of para-hydroxylation sites is 2. The number of fused-ring (bicyclic) bond motifs is 1. The molecule has 24 heavy (non-hydrogen) atoms. The van der Waals surface area contributed by atoms with Crippen LogP contribution < -0.4 is 15.8 Å². The predicted molar refractivity (Wildman–Crippen MR) is 91.0 cm³/mol. The molecule has 2 atom stereocenters. The number of hydrogen-bond donors (Lipinski definition) is 3. The Labute approximate surface area is 139 Å². The quantitative estimate of drug-likeness (QED) is 0.454. The Kier molecular flexibility index (Phi) is 3.81. The highest BCUT2D eigenvalue weighted by Gasteiger charge is 2.43. The molecule has 7 heteroatoms. The van der Waals surface area contributed by atoms with Crippen LogP contribution >= 0.6 is 0 Å². The van der Waals surface area contributed by atoms with Crippen molar-refractivity contribution in [3.63, 3.8) is 0 Å². The number of ether oxygens (including phenoxy) is 1. The number of benzene rings is 2. The molecule has 2 aromatic rings. The van der Waals surface area contributed by atoms with E-state index in [1.54, 1.807) is 32.0 Å². The van der Waals surface area contributed by atoms with E-state index >= 15 is 0 Å². The minimum atomic E-state index is -0.924. The summed E-state index contributed by atoms with van der Waals surface area (Å²) in [4.78, 5) is 10.6. The topological polar surface area (TPSA) is 111 Å². The summed E-state index contributed by atoms with van der Waals surface area (Å²) in [7, 11) is 0. The third-order valence-electron chi connectivity index (χ3n) is 4.21. The number of nitrogens with one attached hydrogen (secondary N) is 1. The minimum absolute atomic E-state index is 0.0583. The zero-order valence-electron chi connectivity index (χ0n) is 13.4. The summed E-state index contributed by atoms with van der Waals surface area (Å²) in [5.41, 5.74) is 6.76. The van der Waals surface area contributed by atoms with Gasteiger partial charge in [0, 0.05) is 17.7 Å². The zero-order chi connectivity index (χ0) is 17.5. The predicted octanol–water partition coefficient (Wildman–Crippen LogP) is 2.86. The smallest absolute Gasteiger partial charge is 0.270 e. The molecule has 1 aliphatic heterocycles. The van der Waals surface area contributed by atoms with Crippen molar-refractivity contribution in [2.75, 3.05) is 11.1 Å². The van der Waals surface area contributed by atoms with Gasteiger partial charge in [0.2, 0.25) is 0 Å². The van der Waals surface area contributed by atoms with Gasteiger partial charge >= 0.3 is 0 Å². The summed E-state index contributed by atoms with van der Waals surface area (Å²) in [5, 5.41) is 25.0. The molecule has 0 fully saturated rings. The number of nitro groups is 1. The van der Waals surface area contributed by atoms with Crippen molar-refractivity contribution < 1.29 is 14.8 Å². The molecule has 7 nitrogen and oxygen atoms in total. The first-order chi connectivity index (χ1) is 11.3. The van der Waals surface area contributed by atoms with Crippen LogP contribution in [0.5, 0.6) is 5.75 Å². The molecular formula is C17H19N3O4. The van der Waals surface area contributed by atoms with Gasteiger partial charge in [0.05, 0.1) is 22.3 Å². The first kappa shape index (κ1) is 16.1. The second kappa shape index (κ2) is 5.68. The lowest BCUT2D eigenvalue weighted by molar-refractivity contribution is -0.385. The second-order valence-electron chi connectivity index (χ2n) is 6.34. The van der Waals surface area contributed by atoms with Crippen molar-refractivity contribution in [3.8, 4) is 5.75 Å². The molecular weight excluding hydrogens is 310 g/mol. The summed E-state index contributed by atoms with van der Waals surface area (Å²) in [6, 6.07) is 11.0. The molecule has 0 radical (unpaired) electrons. The number of aliphatic hydroxyl groups is 1. The van der Waals surface area contributed by atoms with E-state index in [1.165, 1.54) is 12.1 Å². The maximum absolute atomic E-state index is 11.1. The molecule has 1 aliphatic rings. The van der Waals surface area contributed by atoms with Gasteiger partial charge in [-0.05, 0) is 32.0 Å². The largest absolute Gasteiger partial charge is 0.485 e. The van der Waals surface area contributed by atoms with E-state index in [1.807, 2.05) is 12.1 Å². The van der Waals surface area contributed by atoms with Crippen molar-refractivity contribution in [2.24, 2.45) is 0 Å². The average Bonchev–Trinajstić information content (AvgIpc) is 2.52. The van der Waals surface area contributed by atoms with Crippen molar-refractivity contribution in [2.45, 2.75) is 31.6 Å². The number of non-ortho nitro benzene ring substituents is 1. The van der Waals surface area contributed by atoms with Gasteiger partial charge in [-0.3, -0.25) is 10.1 Å². The van der Waals surface area contributed by atoms with Crippen LogP contribution in [0.25, 0.3) is 0 Å². The van der Waals surface area contributed by atoms with E-state index < -0.39 is 22.7 Å². The van der Waals surface area contributed by atoms with E-state index in [-0.39, 0.29) is 5.69 Å². The van der Waals surface area contributed by atoms with Crippen LogP contribution in [0, 0.1) is 10.1 Å². The van der Waals surface area contributed by atoms with Crippen LogP contribution in [0.2, 0.25) is 0 Å². The minimum Gasteiger partial charge on any atom is -0.485 e. The standard InChI is InChI=1S/C17H19N3O4/c1-17(2)16(21)15(19-13-6-4-3-5-12(13)18)11-9-10(20(22)23)7-8-14(11)24-17/h3-9,15-16,19,21H,18H2,1-2H3/t15-,16+/m0/s1. The number of nitrogen functional groups attached to an aromatic ring is 1. The second-order valence-corrected chi connectivity index (χ2v) is 6.34. The van der Waals surface area contributed by atoms with Gasteiger partial charge in [-0.15, -0.1) is 0 Å². The van der Waals surface area contributed by atoms with E-state index in [0.717, 1.165) is 0 Å². The van der Waals surface area contributed by atoms with Crippen LogP contribution in [-0.4, -0.2) is 21.7 Å². The molecule has 126 valence electrons. The number of rotatable bonds is 3. The molecule has 1 heterocycles. The monoisotopic (exact) mass is 329 g/mol. The SMILES string of the molecule is CC1(C)Oc2ccc([N+](=O)[O-])cc2[C@H](Nc2ccccc2N)[C@H]1O. The number of nitrogens with two attached hydrogens (primary N) is 1. The molecule has 0 spiro atoms. The van der Waals surface area contributed by atoms with Gasteiger partial charge in [-0.1, -0.05) is 12.1 Å². The lowest BCUT2D eigenvalue weighted by atomic mass is 9.86. The van der Waals surface area contributed by atoms with Crippen LogP contribution in [0.4, 0.5) is 17.1 Å². The average molecular weight is 329 g/mol. The Morgan fingerprint density at radius 3 is 2.67 bits per heavy atom.